The lowest BCUT2D eigenvalue weighted by Crippen LogP contribution is -1.98. The summed E-state index contributed by atoms with van der Waals surface area (Å²) in [7, 11) is 0. The summed E-state index contributed by atoms with van der Waals surface area (Å²) in [6.07, 6.45) is 2.31. The van der Waals surface area contributed by atoms with Gasteiger partial charge in [-0.05, 0) is 31.0 Å². The van der Waals surface area contributed by atoms with Crippen molar-refractivity contribution in [2.75, 3.05) is 5.73 Å². The van der Waals surface area contributed by atoms with Crippen molar-refractivity contribution in [1.29, 1.82) is 0 Å². The Morgan fingerprint density at radius 3 is 2.84 bits per heavy atom. The first-order valence-electron chi connectivity index (χ1n) is 6.08. The third-order valence-electron chi connectivity index (χ3n) is 3.28. The fourth-order valence-electron chi connectivity index (χ4n) is 2.32. The van der Waals surface area contributed by atoms with E-state index in [2.05, 4.69) is 24.7 Å². The Balaban J connectivity index is 2.01. The highest BCUT2D eigenvalue weighted by Crippen LogP contribution is 2.41. The first-order chi connectivity index (χ1) is 9.22. The van der Waals surface area contributed by atoms with E-state index in [1.807, 2.05) is 18.2 Å². The molecule has 4 rings (SSSR count). The summed E-state index contributed by atoms with van der Waals surface area (Å²) < 4.78 is 2.19. The van der Waals surface area contributed by atoms with Gasteiger partial charge in [-0.2, -0.15) is 4.98 Å². The van der Waals surface area contributed by atoms with E-state index in [9.17, 15) is 0 Å². The Hall–Kier alpha value is -2.08. The average Bonchev–Trinajstić information content (AvgIpc) is 3.02. The van der Waals surface area contributed by atoms with E-state index in [-0.39, 0.29) is 5.95 Å². The molecule has 1 aliphatic rings. The molecule has 3 aromatic rings. The molecule has 1 fully saturated rings. The lowest BCUT2D eigenvalue weighted by atomic mass is 10.3. The van der Waals surface area contributed by atoms with Crippen LogP contribution in [-0.4, -0.2) is 24.7 Å². The largest absolute Gasteiger partial charge is 0.366 e. The number of rotatable bonds is 2. The normalized spacial score (nSPS) is 15.2. The molecule has 96 valence electrons. The zero-order valence-corrected chi connectivity index (χ0v) is 10.7. The van der Waals surface area contributed by atoms with E-state index >= 15 is 0 Å². The number of benzene rings is 1. The molecule has 1 aliphatic carbocycles. The molecule has 7 heteroatoms. The summed E-state index contributed by atoms with van der Waals surface area (Å²) in [4.78, 5) is 8.77. The van der Waals surface area contributed by atoms with Crippen molar-refractivity contribution in [1.82, 2.24) is 24.7 Å². The number of aromatic amines is 1. The number of aromatic nitrogens is 5. The number of halogens is 1. The van der Waals surface area contributed by atoms with Gasteiger partial charge in [-0.1, -0.05) is 11.6 Å². The van der Waals surface area contributed by atoms with Gasteiger partial charge in [0, 0.05) is 11.1 Å². The van der Waals surface area contributed by atoms with Crippen molar-refractivity contribution in [2.45, 2.75) is 18.9 Å². The zero-order valence-electron chi connectivity index (χ0n) is 9.97. The van der Waals surface area contributed by atoms with Crippen molar-refractivity contribution >= 4 is 28.6 Å². The molecule has 1 aromatic carbocycles. The summed E-state index contributed by atoms with van der Waals surface area (Å²) in [5.74, 6) is 1.59. The molecular formula is C12H11ClN6. The molecule has 0 atom stereocenters. The predicted octanol–water partition coefficient (Wildman–Crippen LogP) is 2.39. The van der Waals surface area contributed by atoms with Gasteiger partial charge in [-0.25, -0.2) is 4.98 Å². The molecule has 0 saturated heterocycles. The van der Waals surface area contributed by atoms with Gasteiger partial charge in [-0.3, -0.25) is 5.10 Å². The molecule has 19 heavy (non-hydrogen) atoms. The minimum Gasteiger partial charge on any atom is -0.366 e. The predicted molar refractivity (Wildman–Crippen MR) is 72.8 cm³/mol. The Morgan fingerprint density at radius 2 is 2.16 bits per heavy atom. The third kappa shape index (κ3) is 1.67. The maximum absolute atomic E-state index is 6.02. The van der Waals surface area contributed by atoms with Crippen molar-refractivity contribution < 1.29 is 0 Å². The zero-order chi connectivity index (χ0) is 13.0. The van der Waals surface area contributed by atoms with Crippen LogP contribution in [0, 0.1) is 0 Å². The lowest BCUT2D eigenvalue weighted by molar-refractivity contribution is 0.769. The molecule has 2 heterocycles. The van der Waals surface area contributed by atoms with Crippen molar-refractivity contribution in [2.24, 2.45) is 0 Å². The second-order valence-corrected chi connectivity index (χ2v) is 5.15. The minimum atomic E-state index is 0.224. The molecule has 0 unspecified atom stereocenters. The standard InChI is InChI=1S/C12H11ClN6/c13-6-1-4-9-8(5-6)15-11(19(9)7-2-3-7)10-16-12(14)18-17-10/h1,4-5,7H,2-3H2,(H3,14,16,17,18). The molecule has 0 spiro atoms. The van der Waals surface area contributed by atoms with Crippen LogP contribution >= 0.6 is 11.6 Å². The summed E-state index contributed by atoms with van der Waals surface area (Å²) >= 11 is 6.02. The van der Waals surface area contributed by atoms with Crippen LogP contribution in [0.1, 0.15) is 18.9 Å². The van der Waals surface area contributed by atoms with Gasteiger partial charge in [0.1, 0.15) is 0 Å². The highest BCUT2D eigenvalue weighted by Gasteiger charge is 2.29. The van der Waals surface area contributed by atoms with Gasteiger partial charge in [0.05, 0.1) is 11.0 Å². The maximum Gasteiger partial charge on any atom is 0.239 e. The second-order valence-electron chi connectivity index (χ2n) is 4.71. The first kappa shape index (κ1) is 10.8. The molecule has 3 N–H and O–H groups in total. The summed E-state index contributed by atoms with van der Waals surface area (Å²) in [6.45, 7) is 0. The van der Waals surface area contributed by atoms with Gasteiger partial charge >= 0.3 is 0 Å². The van der Waals surface area contributed by atoms with E-state index < -0.39 is 0 Å². The van der Waals surface area contributed by atoms with Crippen LogP contribution < -0.4 is 5.73 Å². The Kier molecular flexibility index (Phi) is 2.11. The smallest absolute Gasteiger partial charge is 0.239 e. The van der Waals surface area contributed by atoms with E-state index in [0.717, 1.165) is 29.7 Å². The van der Waals surface area contributed by atoms with Crippen LogP contribution in [0.3, 0.4) is 0 Å². The van der Waals surface area contributed by atoms with Crippen LogP contribution in [0.15, 0.2) is 18.2 Å². The highest BCUT2D eigenvalue weighted by atomic mass is 35.5. The molecule has 0 aliphatic heterocycles. The molecule has 0 amide bonds. The van der Waals surface area contributed by atoms with Crippen molar-refractivity contribution in [3.63, 3.8) is 0 Å². The fraction of sp³-hybridized carbons (Fsp3) is 0.250. The van der Waals surface area contributed by atoms with Crippen LogP contribution in [0.25, 0.3) is 22.7 Å². The number of hydrogen-bond donors (Lipinski definition) is 2. The number of H-pyrrole nitrogens is 1. The second kappa shape index (κ2) is 3.71. The Bertz CT molecular complexity index is 770. The van der Waals surface area contributed by atoms with Crippen molar-refractivity contribution in [3.05, 3.63) is 23.2 Å². The quantitative estimate of drug-likeness (QED) is 0.751. The summed E-state index contributed by atoms with van der Waals surface area (Å²) in [6, 6.07) is 6.21. The molecular weight excluding hydrogens is 264 g/mol. The topological polar surface area (TPSA) is 85.4 Å². The minimum absolute atomic E-state index is 0.224. The van der Waals surface area contributed by atoms with Crippen LogP contribution in [0.5, 0.6) is 0 Å². The summed E-state index contributed by atoms with van der Waals surface area (Å²) in [5.41, 5.74) is 7.50. The lowest BCUT2D eigenvalue weighted by Gasteiger charge is -2.04. The number of anilines is 1. The van der Waals surface area contributed by atoms with Crippen LogP contribution in [0.2, 0.25) is 5.02 Å². The Labute approximate surface area is 113 Å². The van der Waals surface area contributed by atoms with Gasteiger partial charge < -0.3 is 10.3 Å². The Morgan fingerprint density at radius 1 is 1.32 bits per heavy atom. The molecule has 2 aromatic heterocycles. The van der Waals surface area contributed by atoms with E-state index in [1.54, 1.807) is 0 Å². The van der Waals surface area contributed by atoms with E-state index in [4.69, 9.17) is 17.3 Å². The van der Waals surface area contributed by atoms with Crippen LogP contribution in [0.4, 0.5) is 5.95 Å². The number of nitrogen functional groups attached to an aromatic ring is 1. The number of nitrogens with one attached hydrogen (secondary N) is 1. The fourth-order valence-corrected chi connectivity index (χ4v) is 2.48. The van der Waals surface area contributed by atoms with Gasteiger partial charge in [-0.15, -0.1) is 5.10 Å². The van der Waals surface area contributed by atoms with Crippen molar-refractivity contribution in [3.8, 4) is 11.6 Å². The summed E-state index contributed by atoms with van der Waals surface area (Å²) in [5, 5.41) is 7.36. The SMILES string of the molecule is Nc1n[nH]c(-c2nc3cc(Cl)ccc3n2C2CC2)n1. The van der Waals surface area contributed by atoms with Gasteiger partial charge in [0.15, 0.2) is 11.6 Å². The van der Waals surface area contributed by atoms with E-state index in [0.29, 0.717) is 16.9 Å². The molecule has 0 bridgehead atoms. The van der Waals surface area contributed by atoms with Crippen LogP contribution in [-0.2, 0) is 0 Å². The number of nitrogens with two attached hydrogens (primary N) is 1. The number of imidazole rings is 1. The monoisotopic (exact) mass is 274 g/mol. The third-order valence-corrected chi connectivity index (χ3v) is 3.51. The number of hydrogen-bond acceptors (Lipinski definition) is 4. The number of fused-ring (bicyclic) bond motifs is 1. The molecule has 0 radical (unpaired) electrons. The number of nitrogens with zero attached hydrogens (tertiary/aromatic N) is 4. The average molecular weight is 275 g/mol. The highest BCUT2D eigenvalue weighted by molar-refractivity contribution is 6.31. The first-order valence-corrected chi connectivity index (χ1v) is 6.46. The van der Waals surface area contributed by atoms with Gasteiger partial charge in [0.25, 0.3) is 0 Å². The molecule has 6 nitrogen and oxygen atoms in total. The maximum atomic E-state index is 6.02. The van der Waals surface area contributed by atoms with E-state index in [1.165, 1.54) is 0 Å². The molecule has 1 saturated carbocycles. The van der Waals surface area contributed by atoms with Gasteiger partial charge in [0.2, 0.25) is 5.95 Å².